The summed E-state index contributed by atoms with van der Waals surface area (Å²) in [5, 5.41) is 3.40. The van der Waals surface area contributed by atoms with E-state index in [2.05, 4.69) is 45.2 Å². The van der Waals surface area contributed by atoms with E-state index in [0.29, 0.717) is 6.04 Å². The van der Waals surface area contributed by atoms with Crippen molar-refractivity contribution >= 4 is 6.21 Å². The summed E-state index contributed by atoms with van der Waals surface area (Å²) in [5.41, 5.74) is 0.0167. The Bertz CT molecular complexity index is 221. The Hall–Kier alpha value is -0.630. The minimum Gasteiger partial charge on any atom is -0.314 e. The molecule has 0 aliphatic carbocycles. The van der Waals surface area contributed by atoms with Crippen molar-refractivity contribution in [2.45, 2.75) is 65.0 Å². The molecule has 94 valence electrons. The lowest BCUT2D eigenvalue weighted by Crippen LogP contribution is -2.45. The van der Waals surface area contributed by atoms with Crippen molar-refractivity contribution in [2.75, 3.05) is 7.05 Å². The highest BCUT2D eigenvalue weighted by atomic mass is 15.0. The Balaban J connectivity index is 4.59. The topological polar surface area (TPSA) is 24.4 Å². The zero-order valence-electron chi connectivity index (χ0n) is 11.6. The molecule has 1 unspecified atom stereocenters. The van der Waals surface area contributed by atoms with Gasteiger partial charge in [0, 0.05) is 6.04 Å². The highest BCUT2D eigenvalue weighted by Crippen LogP contribution is 2.22. The van der Waals surface area contributed by atoms with Gasteiger partial charge in [-0.15, -0.1) is 0 Å². The number of nitrogens with one attached hydrogen (secondary N) is 1. The summed E-state index contributed by atoms with van der Waals surface area (Å²) in [7, 11) is 2.03. The smallest absolute Gasteiger partial charge is 0.0728 e. The van der Waals surface area contributed by atoms with Crippen molar-refractivity contribution in [3.05, 3.63) is 12.2 Å². The number of rotatable bonds is 8. The molecule has 2 heteroatoms. The third-order valence-electron chi connectivity index (χ3n) is 3.16. The van der Waals surface area contributed by atoms with Crippen LogP contribution in [0.25, 0.3) is 0 Å². The Morgan fingerprint density at radius 3 is 2.31 bits per heavy atom. The maximum Gasteiger partial charge on any atom is 0.0728 e. The molecular weight excluding hydrogens is 196 g/mol. The van der Waals surface area contributed by atoms with Gasteiger partial charge in [0.2, 0.25) is 0 Å². The van der Waals surface area contributed by atoms with Crippen molar-refractivity contribution in [3.63, 3.8) is 0 Å². The zero-order chi connectivity index (χ0) is 12.4. The highest BCUT2D eigenvalue weighted by molar-refractivity contribution is 5.57. The summed E-state index contributed by atoms with van der Waals surface area (Å²) < 4.78 is 0. The van der Waals surface area contributed by atoms with Crippen molar-refractivity contribution in [2.24, 2.45) is 4.99 Å². The van der Waals surface area contributed by atoms with E-state index in [1.54, 1.807) is 0 Å². The fourth-order valence-corrected chi connectivity index (χ4v) is 1.81. The van der Waals surface area contributed by atoms with Gasteiger partial charge in [-0.25, -0.2) is 0 Å². The molecule has 0 saturated heterocycles. The number of nitrogens with zero attached hydrogens (tertiary/aromatic N) is 1. The number of aliphatic imine (C=N–C) groups is 1. The summed E-state index contributed by atoms with van der Waals surface area (Å²) in [5.74, 6) is 0. The Morgan fingerprint density at radius 2 is 1.88 bits per heavy atom. The van der Waals surface area contributed by atoms with Gasteiger partial charge >= 0.3 is 0 Å². The lowest BCUT2D eigenvalue weighted by molar-refractivity contribution is 0.327. The molecule has 16 heavy (non-hydrogen) atoms. The summed E-state index contributed by atoms with van der Waals surface area (Å²) in [6, 6.07) is 0.420. The molecule has 1 N–H and O–H groups in total. The molecule has 0 bridgehead atoms. The monoisotopic (exact) mass is 224 g/mol. The standard InChI is InChI=1S/C14H28N2/c1-6-9-10-11-13(15-5)14(4,8-3)16-12-7-2/h9-10,12-13,15H,6-8,11H2,1-5H3/b10-9-,16-12?/t13-,14?/m1/s1. The molecule has 0 saturated carbocycles. The maximum atomic E-state index is 4.72. The predicted molar refractivity (Wildman–Crippen MR) is 74.4 cm³/mol. The van der Waals surface area contributed by atoms with Gasteiger partial charge in [-0.1, -0.05) is 32.9 Å². The van der Waals surface area contributed by atoms with Gasteiger partial charge in [0.25, 0.3) is 0 Å². The van der Waals surface area contributed by atoms with E-state index in [4.69, 9.17) is 4.99 Å². The Kier molecular flexibility index (Phi) is 8.18. The molecule has 0 fully saturated rings. The quantitative estimate of drug-likeness (QED) is 0.494. The average molecular weight is 224 g/mol. The summed E-state index contributed by atoms with van der Waals surface area (Å²) >= 11 is 0. The molecule has 2 atom stereocenters. The largest absolute Gasteiger partial charge is 0.314 e. The summed E-state index contributed by atoms with van der Waals surface area (Å²) in [6.07, 6.45) is 10.8. The van der Waals surface area contributed by atoms with Gasteiger partial charge in [-0.2, -0.15) is 0 Å². The molecule has 0 heterocycles. The Labute approximate surface area is 101 Å². The van der Waals surface area contributed by atoms with Crippen molar-refractivity contribution < 1.29 is 0 Å². The minimum atomic E-state index is 0.0167. The zero-order valence-corrected chi connectivity index (χ0v) is 11.6. The van der Waals surface area contributed by atoms with E-state index < -0.39 is 0 Å². The number of allylic oxidation sites excluding steroid dienone is 1. The lowest BCUT2D eigenvalue weighted by atomic mass is 9.87. The van der Waals surface area contributed by atoms with Crippen LogP contribution in [0.1, 0.15) is 53.4 Å². The molecule has 0 amide bonds. The van der Waals surface area contributed by atoms with Crippen LogP contribution >= 0.6 is 0 Å². The van der Waals surface area contributed by atoms with Crippen LogP contribution in [0.2, 0.25) is 0 Å². The van der Waals surface area contributed by atoms with Crippen LogP contribution in [0, 0.1) is 0 Å². The molecule has 0 aliphatic rings. The van der Waals surface area contributed by atoms with E-state index >= 15 is 0 Å². The lowest BCUT2D eigenvalue weighted by Gasteiger charge is -2.32. The third-order valence-corrected chi connectivity index (χ3v) is 3.16. The first-order valence-electron chi connectivity index (χ1n) is 6.50. The second-order valence-corrected chi connectivity index (χ2v) is 4.39. The van der Waals surface area contributed by atoms with Crippen LogP contribution in [-0.2, 0) is 0 Å². The number of likely N-dealkylation sites (N-methyl/N-ethyl adjacent to an activating group) is 1. The van der Waals surface area contributed by atoms with Crippen LogP contribution in [0.15, 0.2) is 17.1 Å². The minimum absolute atomic E-state index is 0.0167. The SMILES string of the molecule is CCC=NC(C)(CC)[C@@H](C/C=C\CC)NC. The average Bonchev–Trinajstić information content (AvgIpc) is 2.31. The molecule has 0 aromatic rings. The number of hydrogen-bond donors (Lipinski definition) is 1. The van der Waals surface area contributed by atoms with E-state index in [-0.39, 0.29) is 5.54 Å². The fraction of sp³-hybridized carbons (Fsp3) is 0.786. The van der Waals surface area contributed by atoms with Crippen LogP contribution in [-0.4, -0.2) is 24.8 Å². The first-order chi connectivity index (χ1) is 7.64. The van der Waals surface area contributed by atoms with E-state index in [9.17, 15) is 0 Å². The van der Waals surface area contributed by atoms with Crippen LogP contribution < -0.4 is 5.32 Å². The number of hydrogen-bond acceptors (Lipinski definition) is 2. The second-order valence-electron chi connectivity index (χ2n) is 4.39. The molecule has 0 aliphatic heterocycles. The van der Waals surface area contributed by atoms with Gasteiger partial charge in [0.1, 0.15) is 0 Å². The fourth-order valence-electron chi connectivity index (χ4n) is 1.81. The highest BCUT2D eigenvalue weighted by Gasteiger charge is 2.29. The van der Waals surface area contributed by atoms with Crippen molar-refractivity contribution in [1.29, 1.82) is 0 Å². The molecule has 0 radical (unpaired) electrons. The molecular formula is C14H28N2. The molecule has 2 nitrogen and oxygen atoms in total. The Morgan fingerprint density at radius 1 is 1.19 bits per heavy atom. The van der Waals surface area contributed by atoms with Crippen molar-refractivity contribution in [1.82, 2.24) is 5.32 Å². The van der Waals surface area contributed by atoms with Crippen LogP contribution in [0.3, 0.4) is 0 Å². The first-order valence-corrected chi connectivity index (χ1v) is 6.50. The second kappa shape index (κ2) is 8.51. The predicted octanol–water partition coefficient (Wildman–Crippen LogP) is 3.58. The van der Waals surface area contributed by atoms with E-state index in [1.165, 1.54) is 0 Å². The van der Waals surface area contributed by atoms with Gasteiger partial charge in [-0.3, -0.25) is 4.99 Å². The van der Waals surface area contributed by atoms with E-state index in [0.717, 1.165) is 25.7 Å². The van der Waals surface area contributed by atoms with Gasteiger partial charge in [-0.05, 0) is 45.9 Å². The van der Waals surface area contributed by atoms with Crippen LogP contribution in [0.5, 0.6) is 0 Å². The van der Waals surface area contributed by atoms with E-state index in [1.807, 2.05) is 13.3 Å². The summed E-state index contributed by atoms with van der Waals surface area (Å²) in [4.78, 5) is 4.72. The maximum absolute atomic E-state index is 4.72. The molecule has 0 spiro atoms. The van der Waals surface area contributed by atoms with Gasteiger partial charge < -0.3 is 5.32 Å². The van der Waals surface area contributed by atoms with Crippen LogP contribution in [0.4, 0.5) is 0 Å². The molecule has 0 aromatic heterocycles. The van der Waals surface area contributed by atoms with Crippen molar-refractivity contribution in [3.8, 4) is 0 Å². The first kappa shape index (κ1) is 15.4. The third kappa shape index (κ3) is 4.93. The normalized spacial score (nSPS) is 18.1. The van der Waals surface area contributed by atoms with Gasteiger partial charge in [0.15, 0.2) is 0 Å². The van der Waals surface area contributed by atoms with Gasteiger partial charge in [0.05, 0.1) is 5.54 Å². The summed E-state index contributed by atoms with van der Waals surface area (Å²) in [6.45, 7) is 8.74. The molecule has 0 rings (SSSR count). The molecule has 0 aromatic carbocycles.